The molecule has 4 amide bonds. The number of hydrogen-bond donors (Lipinski definition) is 0. The van der Waals surface area contributed by atoms with Crippen LogP contribution in [0.5, 0.6) is 0 Å². The minimum Gasteiger partial charge on any atom is -0.368 e. The lowest BCUT2D eigenvalue weighted by Gasteiger charge is -2.57. The predicted molar refractivity (Wildman–Crippen MR) is 123 cm³/mol. The van der Waals surface area contributed by atoms with Gasteiger partial charge in [0, 0.05) is 44.1 Å². The molecule has 0 bridgehead atoms. The molecule has 3 aliphatic rings. The van der Waals surface area contributed by atoms with Crippen LogP contribution in [-0.2, 0) is 16.0 Å². The summed E-state index contributed by atoms with van der Waals surface area (Å²) >= 11 is 0. The number of barbiturate groups is 1. The smallest absolute Gasteiger partial charge is 0.333 e. The van der Waals surface area contributed by atoms with E-state index in [1.807, 2.05) is 36.4 Å². The monoisotopic (exact) mass is 432 g/mol. The van der Waals surface area contributed by atoms with Gasteiger partial charge in [-0.05, 0) is 44.0 Å². The number of carbonyl (C=O) groups excluding carboxylic acids is 3. The van der Waals surface area contributed by atoms with Crippen LogP contribution < -0.4 is 9.80 Å². The Morgan fingerprint density at radius 3 is 2.12 bits per heavy atom. The Morgan fingerprint density at radius 2 is 1.47 bits per heavy atom. The Hall–Kier alpha value is -3.35. The number of piperazine rings is 1. The lowest BCUT2D eigenvalue weighted by molar-refractivity contribution is -0.160. The molecular formula is C25H28N4O3. The molecule has 1 spiro atoms. The summed E-state index contributed by atoms with van der Waals surface area (Å²) in [5.41, 5.74) is 1.83. The fourth-order valence-corrected chi connectivity index (χ4v) is 5.61. The number of amides is 4. The second-order valence-electron chi connectivity index (χ2n) is 8.65. The van der Waals surface area contributed by atoms with Crippen molar-refractivity contribution in [1.29, 1.82) is 0 Å². The highest BCUT2D eigenvalue weighted by atomic mass is 16.2. The third kappa shape index (κ3) is 2.76. The maximum absolute atomic E-state index is 13.9. The van der Waals surface area contributed by atoms with Gasteiger partial charge in [0.25, 0.3) is 0 Å². The van der Waals surface area contributed by atoms with Gasteiger partial charge >= 0.3 is 6.03 Å². The first kappa shape index (κ1) is 20.5. The highest BCUT2D eigenvalue weighted by Gasteiger charge is 2.64. The molecule has 2 fully saturated rings. The molecule has 0 radical (unpaired) electrons. The van der Waals surface area contributed by atoms with Gasteiger partial charge in [-0.15, -0.1) is 0 Å². The number of nitrogens with zero attached hydrogens (tertiary/aromatic N) is 4. The first-order chi connectivity index (χ1) is 15.5. The van der Waals surface area contributed by atoms with Crippen molar-refractivity contribution in [3.63, 3.8) is 0 Å². The highest BCUT2D eigenvalue weighted by Crippen LogP contribution is 2.47. The van der Waals surface area contributed by atoms with Crippen molar-refractivity contribution in [2.24, 2.45) is 5.41 Å². The highest BCUT2D eigenvalue weighted by molar-refractivity contribution is 6.20. The summed E-state index contributed by atoms with van der Waals surface area (Å²) < 4.78 is 0. The zero-order chi connectivity index (χ0) is 22.5. The normalized spacial score (nSPS) is 22.3. The van der Waals surface area contributed by atoms with Gasteiger partial charge in [0.2, 0.25) is 11.8 Å². The zero-order valence-electron chi connectivity index (χ0n) is 18.5. The van der Waals surface area contributed by atoms with Crippen molar-refractivity contribution >= 4 is 29.2 Å². The minimum absolute atomic E-state index is 0.250. The van der Waals surface area contributed by atoms with Crippen molar-refractivity contribution in [3.8, 4) is 0 Å². The van der Waals surface area contributed by atoms with Crippen molar-refractivity contribution in [2.75, 3.05) is 42.5 Å². The largest absolute Gasteiger partial charge is 0.368 e. The average molecular weight is 433 g/mol. The van der Waals surface area contributed by atoms with Crippen LogP contribution in [0.3, 0.4) is 0 Å². The van der Waals surface area contributed by atoms with Gasteiger partial charge in [-0.1, -0.05) is 36.4 Å². The second kappa shape index (κ2) is 7.65. The average Bonchev–Trinajstić information content (AvgIpc) is 2.83. The topological polar surface area (TPSA) is 64.2 Å². The molecule has 5 rings (SSSR count). The van der Waals surface area contributed by atoms with E-state index >= 15 is 0 Å². The molecule has 166 valence electrons. The van der Waals surface area contributed by atoms with Gasteiger partial charge in [-0.2, -0.15) is 0 Å². The Bertz CT molecular complexity index is 1040. The molecule has 0 N–H and O–H groups in total. The van der Waals surface area contributed by atoms with E-state index in [0.717, 1.165) is 23.5 Å². The first-order valence-electron chi connectivity index (χ1n) is 11.3. The van der Waals surface area contributed by atoms with Gasteiger partial charge in [-0.3, -0.25) is 19.4 Å². The number of rotatable bonds is 3. The van der Waals surface area contributed by atoms with Crippen LogP contribution in [0, 0.1) is 5.41 Å². The van der Waals surface area contributed by atoms with Crippen LogP contribution >= 0.6 is 0 Å². The molecule has 1 atom stereocenters. The number of para-hydroxylation sites is 2. The lowest BCUT2D eigenvalue weighted by atomic mass is 9.67. The quantitative estimate of drug-likeness (QED) is 0.698. The lowest BCUT2D eigenvalue weighted by Crippen LogP contribution is -2.75. The number of carbonyl (C=O) groups is 3. The fourth-order valence-electron chi connectivity index (χ4n) is 5.61. The van der Waals surface area contributed by atoms with Gasteiger partial charge < -0.3 is 9.80 Å². The predicted octanol–water partition coefficient (Wildman–Crippen LogP) is 2.75. The molecule has 2 aromatic rings. The van der Waals surface area contributed by atoms with E-state index < -0.39 is 11.4 Å². The summed E-state index contributed by atoms with van der Waals surface area (Å²) in [6.07, 6.45) is 0.310. The Labute approximate surface area is 188 Å². The molecule has 0 unspecified atom stereocenters. The van der Waals surface area contributed by atoms with E-state index in [9.17, 15) is 14.4 Å². The molecule has 0 aromatic heterocycles. The molecule has 0 saturated carbocycles. The second-order valence-corrected chi connectivity index (χ2v) is 8.65. The molecular weight excluding hydrogens is 404 g/mol. The number of urea groups is 1. The zero-order valence-corrected chi connectivity index (χ0v) is 18.5. The fraction of sp³-hybridized carbons (Fsp3) is 0.400. The van der Waals surface area contributed by atoms with E-state index in [-0.39, 0.29) is 30.9 Å². The third-order valence-corrected chi connectivity index (χ3v) is 7.19. The minimum atomic E-state index is -1.32. The molecule has 2 aromatic carbocycles. The molecule has 2 saturated heterocycles. The van der Waals surface area contributed by atoms with Crippen LogP contribution in [-0.4, -0.2) is 66.4 Å². The molecule has 7 heteroatoms. The number of fused-ring (bicyclic) bond motifs is 4. The summed E-state index contributed by atoms with van der Waals surface area (Å²) in [7, 11) is 0. The number of imide groups is 2. The van der Waals surface area contributed by atoms with E-state index in [4.69, 9.17) is 0 Å². The number of hydrogen-bond acceptors (Lipinski definition) is 5. The van der Waals surface area contributed by atoms with E-state index in [2.05, 4.69) is 28.0 Å². The molecule has 0 aliphatic carbocycles. The van der Waals surface area contributed by atoms with Gasteiger partial charge in [0.15, 0.2) is 5.41 Å². The maximum atomic E-state index is 13.9. The molecule has 3 heterocycles. The van der Waals surface area contributed by atoms with E-state index in [1.54, 1.807) is 13.8 Å². The van der Waals surface area contributed by atoms with Crippen LogP contribution in [0.4, 0.5) is 16.2 Å². The Balaban J connectivity index is 1.66. The molecule has 32 heavy (non-hydrogen) atoms. The maximum Gasteiger partial charge on any atom is 0.333 e. The van der Waals surface area contributed by atoms with Crippen molar-refractivity contribution in [1.82, 2.24) is 9.80 Å². The van der Waals surface area contributed by atoms with Gasteiger partial charge in [0.05, 0.1) is 6.04 Å². The Morgan fingerprint density at radius 1 is 0.844 bits per heavy atom. The van der Waals surface area contributed by atoms with Crippen molar-refractivity contribution in [2.45, 2.75) is 26.3 Å². The number of benzene rings is 2. The summed E-state index contributed by atoms with van der Waals surface area (Å²) in [6.45, 7) is 6.11. The molecule has 7 nitrogen and oxygen atoms in total. The van der Waals surface area contributed by atoms with Crippen LogP contribution in [0.1, 0.15) is 19.4 Å². The van der Waals surface area contributed by atoms with Gasteiger partial charge in [0.1, 0.15) is 0 Å². The molecule has 3 aliphatic heterocycles. The summed E-state index contributed by atoms with van der Waals surface area (Å²) in [5, 5.41) is 0. The third-order valence-electron chi connectivity index (χ3n) is 7.19. The van der Waals surface area contributed by atoms with Gasteiger partial charge in [-0.25, -0.2) is 4.79 Å². The SMILES string of the molecule is CCN1C(=O)N(CC)C(=O)C2(Cc3ccccc3N3CCN(c4ccccc4)C[C@H]32)C1=O. The van der Waals surface area contributed by atoms with E-state index in [0.29, 0.717) is 19.5 Å². The van der Waals surface area contributed by atoms with Crippen molar-refractivity contribution in [3.05, 3.63) is 60.2 Å². The van der Waals surface area contributed by atoms with Crippen LogP contribution in [0.2, 0.25) is 0 Å². The van der Waals surface area contributed by atoms with Crippen LogP contribution in [0.15, 0.2) is 54.6 Å². The van der Waals surface area contributed by atoms with E-state index in [1.165, 1.54) is 9.80 Å². The Kier molecular flexibility index (Phi) is 4.92. The summed E-state index contributed by atoms with van der Waals surface area (Å²) in [6, 6.07) is 17.3. The number of anilines is 2. The first-order valence-corrected chi connectivity index (χ1v) is 11.3. The van der Waals surface area contributed by atoms with Crippen molar-refractivity contribution < 1.29 is 14.4 Å². The van der Waals surface area contributed by atoms with Crippen LogP contribution in [0.25, 0.3) is 0 Å². The summed E-state index contributed by atoms with van der Waals surface area (Å²) in [4.78, 5) is 47.8. The summed E-state index contributed by atoms with van der Waals surface area (Å²) in [5.74, 6) is -0.724. The standard InChI is InChI=1S/C25H28N4O3/c1-3-27-22(30)25(23(31)28(4-2)24(27)32)16-18-10-8-9-13-20(18)29-15-14-26(17-21(25)29)19-11-6-5-7-12-19/h5-13,21H,3-4,14-17H2,1-2H3/t21-/m0/s1.